The van der Waals surface area contributed by atoms with E-state index >= 15 is 0 Å². The molecular formula is C16H11BrN2O2. The number of aromatic nitrogens is 1. The van der Waals surface area contributed by atoms with Crippen LogP contribution < -0.4 is 5.32 Å². The van der Waals surface area contributed by atoms with E-state index in [1.807, 2.05) is 48.5 Å². The largest absolute Gasteiger partial charge is 0.477 e. The van der Waals surface area contributed by atoms with Gasteiger partial charge in [0.05, 0.1) is 5.69 Å². The van der Waals surface area contributed by atoms with Gasteiger partial charge in [-0.15, -0.1) is 0 Å². The van der Waals surface area contributed by atoms with Crippen molar-refractivity contribution in [1.29, 1.82) is 0 Å². The maximum atomic E-state index is 11.2. The zero-order valence-corrected chi connectivity index (χ0v) is 12.5. The lowest BCUT2D eigenvalue weighted by Crippen LogP contribution is -2.04. The van der Waals surface area contributed by atoms with Crippen molar-refractivity contribution in [3.8, 4) is 0 Å². The maximum Gasteiger partial charge on any atom is 0.354 e. The second kappa shape index (κ2) is 5.54. The number of hydrogen-bond acceptors (Lipinski definition) is 3. The van der Waals surface area contributed by atoms with E-state index in [9.17, 15) is 9.90 Å². The first kappa shape index (κ1) is 13.6. The highest BCUT2D eigenvalue weighted by atomic mass is 79.9. The van der Waals surface area contributed by atoms with Crippen LogP contribution >= 0.6 is 15.9 Å². The van der Waals surface area contributed by atoms with Gasteiger partial charge in [0.15, 0.2) is 5.69 Å². The summed E-state index contributed by atoms with van der Waals surface area (Å²) in [6, 6.07) is 16.7. The monoisotopic (exact) mass is 342 g/mol. The Bertz CT molecular complexity index is 833. The van der Waals surface area contributed by atoms with Gasteiger partial charge in [-0.2, -0.15) is 0 Å². The number of pyridine rings is 1. The summed E-state index contributed by atoms with van der Waals surface area (Å²) >= 11 is 3.46. The number of nitrogens with one attached hydrogen (secondary N) is 1. The maximum absolute atomic E-state index is 11.2. The fourth-order valence-corrected chi connectivity index (χ4v) is 2.48. The van der Waals surface area contributed by atoms with Crippen molar-refractivity contribution in [2.45, 2.75) is 0 Å². The van der Waals surface area contributed by atoms with Crippen molar-refractivity contribution in [2.24, 2.45) is 0 Å². The van der Waals surface area contributed by atoms with E-state index < -0.39 is 5.97 Å². The first-order valence-electron chi connectivity index (χ1n) is 6.30. The predicted molar refractivity (Wildman–Crippen MR) is 86.1 cm³/mol. The molecule has 21 heavy (non-hydrogen) atoms. The number of carboxylic acids is 1. The highest BCUT2D eigenvalue weighted by Crippen LogP contribution is 2.29. The van der Waals surface area contributed by atoms with Crippen LogP contribution in [0.2, 0.25) is 0 Å². The third kappa shape index (κ3) is 2.73. The Morgan fingerprint density at radius 3 is 2.57 bits per heavy atom. The molecule has 5 heteroatoms. The molecule has 0 bridgehead atoms. The molecule has 1 heterocycles. The van der Waals surface area contributed by atoms with Crippen molar-refractivity contribution in [3.63, 3.8) is 0 Å². The van der Waals surface area contributed by atoms with E-state index in [1.165, 1.54) is 0 Å². The van der Waals surface area contributed by atoms with Gasteiger partial charge in [-0.1, -0.05) is 36.4 Å². The summed E-state index contributed by atoms with van der Waals surface area (Å²) in [7, 11) is 0. The van der Waals surface area contributed by atoms with E-state index in [1.54, 1.807) is 6.07 Å². The van der Waals surface area contributed by atoms with Gasteiger partial charge in [-0.25, -0.2) is 9.78 Å². The quantitative estimate of drug-likeness (QED) is 0.738. The number of aromatic carboxylic acids is 1. The van der Waals surface area contributed by atoms with Crippen LogP contribution in [0.1, 0.15) is 10.5 Å². The van der Waals surface area contributed by atoms with Crippen LogP contribution in [0.15, 0.2) is 59.1 Å². The van der Waals surface area contributed by atoms with Gasteiger partial charge in [-0.3, -0.25) is 0 Å². The third-order valence-electron chi connectivity index (χ3n) is 3.09. The van der Waals surface area contributed by atoms with Gasteiger partial charge in [0.1, 0.15) is 5.82 Å². The molecule has 0 radical (unpaired) electrons. The van der Waals surface area contributed by atoms with Gasteiger partial charge >= 0.3 is 5.97 Å². The first-order chi connectivity index (χ1) is 10.1. The summed E-state index contributed by atoms with van der Waals surface area (Å²) in [4.78, 5) is 15.4. The van der Waals surface area contributed by atoms with Crippen LogP contribution in [-0.2, 0) is 0 Å². The molecule has 0 saturated carbocycles. The van der Waals surface area contributed by atoms with Gasteiger partial charge in [0, 0.05) is 9.86 Å². The molecule has 0 atom stereocenters. The van der Waals surface area contributed by atoms with Gasteiger partial charge in [0.2, 0.25) is 0 Å². The van der Waals surface area contributed by atoms with E-state index in [0.717, 1.165) is 20.9 Å². The molecule has 2 aromatic carbocycles. The third-order valence-corrected chi connectivity index (χ3v) is 3.78. The highest BCUT2D eigenvalue weighted by Gasteiger charge is 2.11. The number of carboxylic acid groups (broad SMARTS) is 1. The SMILES string of the molecule is O=C(O)c1cc2ccccc2c(Nc2ccccc2Br)n1. The summed E-state index contributed by atoms with van der Waals surface area (Å²) in [6.45, 7) is 0. The molecular weight excluding hydrogens is 332 g/mol. The smallest absolute Gasteiger partial charge is 0.354 e. The molecule has 0 unspecified atom stereocenters. The number of nitrogens with zero attached hydrogens (tertiary/aromatic N) is 1. The fraction of sp³-hybridized carbons (Fsp3) is 0. The van der Waals surface area contributed by atoms with Crippen LogP contribution in [0.4, 0.5) is 11.5 Å². The highest BCUT2D eigenvalue weighted by molar-refractivity contribution is 9.10. The van der Waals surface area contributed by atoms with Gasteiger partial charge in [-0.05, 0) is 39.5 Å². The standard InChI is InChI=1S/C16H11BrN2O2/c17-12-7-3-4-8-13(12)18-15-11-6-2-1-5-10(11)9-14(19-15)16(20)21/h1-9H,(H,18,19)(H,20,21). The summed E-state index contributed by atoms with van der Waals surface area (Å²) in [5, 5.41) is 14.1. The number of carbonyl (C=O) groups is 1. The first-order valence-corrected chi connectivity index (χ1v) is 7.09. The minimum absolute atomic E-state index is 0.0169. The van der Waals surface area contributed by atoms with Crippen molar-refractivity contribution in [2.75, 3.05) is 5.32 Å². The van der Waals surface area contributed by atoms with Crippen LogP contribution in [0.5, 0.6) is 0 Å². The summed E-state index contributed by atoms with van der Waals surface area (Å²) in [5.41, 5.74) is 0.848. The van der Waals surface area contributed by atoms with Crippen LogP contribution in [0, 0.1) is 0 Å². The Balaban J connectivity index is 2.16. The predicted octanol–water partition coefficient (Wildman–Crippen LogP) is 4.44. The minimum Gasteiger partial charge on any atom is -0.477 e. The lowest BCUT2D eigenvalue weighted by Gasteiger charge is -2.11. The molecule has 0 saturated heterocycles. The Morgan fingerprint density at radius 1 is 1.10 bits per heavy atom. The number of halogens is 1. The van der Waals surface area contributed by atoms with E-state index in [2.05, 4.69) is 26.2 Å². The lowest BCUT2D eigenvalue weighted by molar-refractivity contribution is 0.0691. The molecule has 0 spiro atoms. The number of para-hydroxylation sites is 1. The Labute approximate surface area is 129 Å². The number of fused-ring (bicyclic) bond motifs is 1. The van der Waals surface area contributed by atoms with Gasteiger partial charge in [0.25, 0.3) is 0 Å². The molecule has 0 fully saturated rings. The van der Waals surface area contributed by atoms with Gasteiger partial charge < -0.3 is 10.4 Å². The van der Waals surface area contributed by atoms with E-state index in [0.29, 0.717) is 5.82 Å². The van der Waals surface area contributed by atoms with Crippen LogP contribution in [0.3, 0.4) is 0 Å². The Hall–Kier alpha value is -2.40. The molecule has 104 valence electrons. The molecule has 1 aromatic heterocycles. The Morgan fingerprint density at radius 2 is 1.81 bits per heavy atom. The fourth-order valence-electron chi connectivity index (χ4n) is 2.09. The Kier molecular flexibility index (Phi) is 3.58. The van der Waals surface area contributed by atoms with Crippen LogP contribution in [-0.4, -0.2) is 16.1 Å². The average molecular weight is 343 g/mol. The van der Waals surface area contributed by atoms with Crippen molar-refractivity contribution < 1.29 is 9.90 Å². The normalized spacial score (nSPS) is 10.5. The zero-order chi connectivity index (χ0) is 14.8. The molecule has 0 aliphatic carbocycles. The molecule has 2 N–H and O–H groups in total. The summed E-state index contributed by atoms with van der Waals surface area (Å²) < 4.78 is 0.886. The summed E-state index contributed by atoms with van der Waals surface area (Å²) in [6.07, 6.45) is 0. The number of anilines is 2. The number of rotatable bonds is 3. The molecule has 3 aromatic rings. The molecule has 0 amide bonds. The molecule has 0 aliphatic heterocycles. The minimum atomic E-state index is -1.05. The number of benzene rings is 2. The van der Waals surface area contributed by atoms with Crippen molar-refractivity contribution >= 4 is 44.2 Å². The average Bonchev–Trinajstić information content (AvgIpc) is 2.49. The second-order valence-corrected chi connectivity index (χ2v) is 5.34. The topological polar surface area (TPSA) is 62.2 Å². The van der Waals surface area contributed by atoms with E-state index in [4.69, 9.17) is 0 Å². The lowest BCUT2D eigenvalue weighted by atomic mass is 10.1. The number of hydrogen-bond donors (Lipinski definition) is 2. The molecule has 0 aliphatic rings. The van der Waals surface area contributed by atoms with E-state index in [-0.39, 0.29) is 5.69 Å². The van der Waals surface area contributed by atoms with Crippen molar-refractivity contribution in [1.82, 2.24) is 4.98 Å². The zero-order valence-electron chi connectivity index (χ0n) is 10.9. The second-order valence-electron chi connectivity index (χ2n) is 4.49. The molecule has 4 nitrogen and oxygen atoms in total. The summed E-state index contributed by atoms with van der Waals surface area (Å²) in [5.74, 6) is -0.520. The van der Waals surface area contributed by atoms with Crippen LogP contribution in [0.25, 0.3) is 10.8 Å². The van der Waals surface area contributed by atoms with Crippen molar-refractivity contribution in [3.05, 3.63) is 64.8 Å². The molecule has 3 rings (SSSR count).